The summed E-state index contributed by atoms with van der Waals surface area (Å²) >= 11 is 0. The Kier molecular flexibility index (Phi) is 8.05. The van der Waals surface area contributed by atoms with Gasteiger partial charge in [-0.05, 0) is 62.6 Å². The fourth-order valence-corrected chi connectivity index (χ4v) is 4.03. The van der Waals surface area contributed by atoms with Crippen LogP contribution in [0.5, 0.6) is 0 Å². The van der Waals surface area contributed by atoms with Crippen molar-refractivity contribution in [1.82, 2.24) is 0 Å². The number of hydrogen-bond acceptors (Lipinski definition) is 0. The van der Waals surface area contributed by atoms with Crippen LogP contribution in [0.3, 0.4) is 0 Å². The van der Waals surface area contributed by atoms with Crippen LogP contribution in [0.25, 0.3) is 0 Å². The van der Waals surface area contributed by atoms with Gasteiger partial charge in [0.1, 0.15) is 6.26 Å². The summed E-state index contributed by atoms with van der Waals surface area (Å²) in [4.78, 5) is 2.91. The molecule has 0 heterocycles. The van der Waals surface area contributed by atoms with Crippen LogP contribution in [0.15, 0.2) is 46.2 Å². The number of halogens is 6. The van der Waals surface area contributed by atoms with Gasteiger partial charge in [-0.3, -0.25) is 0 Å². The molecule has 0 aliphatic rings. The van der Waals surface area contributed by atoms with Crippen molar-refractivity contribution in [3.8, 4) is 0 Å². The minimum absolute atomic E-state index is 0. The topological polar surface area (TPSA) is 0 Å². The molecule has 2 aromatic carbocycles. The molecular formula is C17H21F6PS. The first-order valence-electron chi connectivity index (χ1n) is 7.15. The molecule has 0 saturated carbocycles. The number of rotatable bonds is 2. The summed E-state index contributed by atoms with van der Waals surface area (Å²) in [6.45, 7) is 8.93. The quantitative estimate of drug-likeness (QED) is 0.393. The van der Waals surface area contributed by atoms with Crippen LogP contribution in [-0.4, -0.2) is 6.26 Å². The van der Waals surface area contributed by atoms with Gasteiger partial charge in [0.15, 0.2) is 9.79 Å². The Morgan fingerprint density at radius 2 is 1.20 bits per heavy atom. The van der Waals surface area contributed by atoms with Gasteiger partial charge in [0.2, 0.25) is 0 Å². The molecule has 0 spiro atoms. The monoisotopic (exact) mass is 402 g/mol. The molecule has 1 atom stereocenters. The third-order valence-electron chi connectivity index (χ3n) is 3.86. The average Bonchev–Trinajstić information content (AvgIpc) is 2.46. The van der Waals surface area contributed by atoms with Gasteiger partial charge >= 0.3 is 29.1 Å². The molecule has 0 N–H and O–H groups in total. The first-order valence-corrected chi connectivity index (χ1v) is 10.5. The fourth-order valence-electron chi connectivity index (χ4n) is 2.24. The van der Waals surface area contributed by atoms with Gasteiger partial charge in [0, 0.05) is 5.56 Å². The minimum Gasteiger partial charge on any atom is -1.00 e. The molecule has 0 aromatic heterocycles. The van der Waals surface area contributed by atoms with Crippen molar-refractivity contribution < 1.29 is 25.7 Å². The van der Waals surface area contributed by atoms with E-state index in [-0.39, 0.29) is 15.6 Å². The SMILES string of the molecule is Cc1cc([S+](C)c2ccccc2)c(C)c(C)c1C.FP(F)(F)(F)F.[F-]. The molecule has 25 heavy (non-hydrogen) atoms. The zero-order chi connectivity index (χ0) is 18.7. The van der Waals surface area contributed by atoms with E-state index in [1.54, 1.807) is 0 Å². The van der Waals surface area contributed by atoms with E-state index in [1.807, 2.05) is 0 Å². The second-order valence-corrected chi connectivity index (χ2v) is 8.74. The Labute approximate surface area is 147 Å². The third-order valence-corrected chi connectivity index (χ3v) is 5.92. The van der Waals surface area contributed by atoms with E-state index in [1.165, 1.54) is 32.0 Å². The average molecular weight is 402 g/mol. The Bertz CT molecular complexity index is 694. The molecule has 0 bridgehead atoms. The summed E-state index contributed by atoms with van der Waals surface area (Å²) in [5.74, 6) is 0. The van der Waals surface area contributed by atoms with Crippen LogP contribution >= 0.6 is 8.16 Å². The Morgan fingerprint density at radius 1 is 0.760 bits per heavy atom. The molecule has 1 unspecified atom stereocenters. The normalized spacial score (nSPS) is 13.6. The molecule has 142 valence electrons. The summed E-state index contributed by atoms with van der Waals surface area (Å²) in [5, 5.41) is 0. The standard InChI is InChI=1S/C17H21S.F5P.FH/c1-12-11-17(15(4)14(3)13(12)2)18(5)16-9-7-6-8-10-16;1-6(2,3,4)5;/h6-11H,1-5H3;;1H/q+1;;/p-1. The van der Waals surface area contributed by atoms with Crippen molar-refractivity contribution in [2.24, 2.45) is 0 Å². The smallest absolute Gasteiger partial charge is 1.00 e. The molecule has 0 aliphatic heterocycles. The first-order chi connectivity index (χ1) is 10.8. The van der Waals surface area contributed by atoms with Crippen molar-refractivity contribution >= 4 is 19.1 Å². The first kappa shape index (κ1) is 23.8. The Balaban J connectivity index is 0.000000715. The zero-order valence-corrected chi connectivity index (χ0v) is 16.3. The van der Waals surface area contributed by atoms with E-state index in [0.717, 1.165) is 0 Å². The largest absolute Gasteiger partial charge is 1.00 e. The summed E-state index contributed by atoms with van der Waals surface area (Å²) in [5.41, 5.74) is 5.73. The van der Waals surface area contributed by atoms with E-state index in [9.17, 15) is 21.0 Å². The second-order valence-electron chi connectivity index (χ2n) is 5.53. The van der Waals surface area contributed by atoms with Crippen molar-refractivity contribution in [2.45, 2.75) is 37.5 Å². The number of aryl methyl sites for hydroxylation is 1. The molecule has 2 aromatic rings. The van der Waals surface area contributed by atoms with Crippen LogP contribution in [-0.2, 0) is 10.9 Å². The van der Waals surface area contributed by atoms with Crippen LogP contribution in [0.2, 0.25) is 0 Å². The van der Waals surface area contributed by atoms with Crippen molar-refractivity contribution in [1.29, 1.82) is 0 Å². The van der Waals surface area contributed by atoms with E-state index in [0.29, 0.717) is 0 Å². The van der Waals surface area contributed by atoms with E-state index >= 15 is 0 Å². The molecule has 2 rings (SSSR count). The summed E-state index contributed by atoms with van der Waals surface area (Å²) in [6.07, 6.45) is 2.33. The van der Waals surface area contributed by atoms with Crippen LogP contribution in [0.4, 0.5) is 21.0 Å². The minimum atomic E-state index is -8.55. The van der Waals surface area contributed by atoms with Gasteiger partial charge in [0.25, 0.3) is 0 Å². The fraction of sp³-hybridized carbons (Fsp3) is 0.294. The maximum atomic E-state index is 9.84. The van der Waals surface area contributed by atoms with Gasteiger partial charge in [-0.2, -0.15) is 0 Å². The van der Waals surface area contributed by atoms with E-state index in [4.69, 9.17) is 0 Å². The van der Waals surface area contributed by atoms with Crippen LogP contribution in [0, 0.1) is 27.7 Å². The van der Waals surface area contributed by atoms with Gasteiger partial charge < -0.3 is 4.70 Å². The summed E-state index contributed by atoms with van der Waals surface area (Å²) in [6, 6.07) is 13.2. The molecular weight excluding hydrogens is 381 g/mol. The van der Waals surface area contributed by atoms with Gasteiger partial charge in [0.05, 0.1) is 10.9 Å². The second kappa shape index (κ2) is 8.45. The molecule has 0 radical (unpaired) electrons. The molecule has 0 fully saturated rings. The molecule has 0 saturated heterocycles. The Morgan fingerprint density at radius 3 is 1.64 bits per heavy atom. The number of benzene rings is 2. The molecule has 0 aliphatic carbocycles. The summed E-state index contributed by atoms with van der Waals surface area (Å²) in [7, 11) is -8.39. The number of hydrogen-bond donors (Lipinski definition) is 0. The maximum Gasteiger partial charge on any atom is -1.00 e. The van der Waals surface area contributed by atoms with Crippen LogP contribution < -0.4 is 4.70 Å². The molecule has 0 amide bonds. The van der Waals surface area contributed by atoms with Crippen molar-refractivity contribution in [3.63, 3.8) is 0 Å². The van der Waals surface area contributed by atoms with E-state index < -0.39 is 8.16 Å². The molecule has 0 nitrogen and oxygen atoms in total. The van der Waals surface area contributed by atoms with Gasteiger partial charge in [-0.15, -0.1) is 0 Å². The zero-order valence-electron chi connectivity index (χ0n) is 14.6. The van der Waals surface area contributed by atoms with Gasteiger partial charge in [-0.25, -0.2) is 0 Å². The predicted octanol–water partition coefficient (Wildman–Crippen LogP) is 4.55. The van der Waals surface area contributed by atoms with Crippen LogP contribution in [0.1, 0.15) is 22.3 Å². The van der Waals surface area contributed by atoms with Crippen molar-refractivity contribution in [2.75, 3.05) is 6.26 Å². The predicted molar refractivity (Wildman–Crippen MR) is 94.1 cm³/mol. The third kappa shape index (κ3) is 8.15. The van der Waals surface area contributed by atoms with E-state index in [2.05, 4.69) is 70.3 Å². The van der Waals surface area contributed by atoms with Gasteiger partial charge in [-0.1, -0.05) is 18.2 Å². The molecule has 8 heteroatoms. The summed E-state index contributed by atoms with van der Waals surface area (Å²) < 4.78 is 49.2. The maximum absolute atomic E-state index is 9.84. The Hall–Kier alpha value is -1.20. The van der Waals surface area contributed by atoms with Crippen molar-refractivity contribution in [3.05, 3.63) is 58.7 Å².